The van der Waals surface area contributed by atoms with Gasteiger partial charge in [-0.15, -0.1) is 0 Å². The zero-order valence-electron chi connectivity index (χ0n) is 30.9. The van der Waals surface area contributed by atoms with Crippen molar-refractivity contribution in [2.75, 3.05) is 6.54 Å². The van der Waals surface area contributed by atoms with E-state index >= 15 is 0 Å². The first-order chi connectivity index (χ1) is 26.4. The second-order valence-electron chi connectivity index (χ2n) is 15.3. The van der Waals surface area contributed by atoms with Crippen LogP contribution in [0.25, 0.3) is 11.0 Å². The molecule has 4 amide bonds. The van der Waals surface area contributed by atoms with Gasteiger partial charge in [0.2, 0.25) is 33.4 Å². The lowest BCUT2D eigenvalue weighted by Gasteiger charge is -2.30. The van der Waals surface area contributed by atoms with Gasteiger partial charge in [0.25, 0.3) is 11.8 Å². The molecule has 2 aromatic heterocycles. The summed E-state index contributed by atoms with van der Waals surface area (Å²) in [6, 6.07) is 3.31. The van der Waals surface area contributed by atoms with E-state index in [0.29, 0.717) is 49.8 Å². The molecular formula is C37H42F3N7O8S. The quantitative estimate of drug-likeness (QED) is 0.294. The number of nitrogens with zero attached hydrogens (tertiary/aromatic N) is 4. The van der Waals surface area contributed by atoms with E-state index < -0.39 is 92.3 Å². The lowest BCUT2D eigenvalue weighted by atomic mass is 10.0. The van der Waals surface area contributed by atoms with Gasteiger partial charge in [-0.25, -0.2) is 18.4 Å². The first-order valence-electron chi connectivity index (χ1n) is 18.5. The Morgan fingerprint density at radius 3 is 2.45 bits per heavy atom. The summed E-state index contributed by atoms with van der Waals surface area (Å²) in [5, 5.41) is 9.27. The number of hydrogen-bond acceptors (Lipinski definition) is 11. The van der Waals surface area contributed by atoms with Crippen LogP contribution in [-0.4, -0.2) is 87.1 Å². The standard InChI is InChI=1S/C37H42F3N7O8S/c1-20-21(2)55-45-28(20)31(49)42-26-14-8-6-4-5-7-11-22-18-36(22,34(51)46-56(52,53)35(3)15-16-35)44-30(48)27-17-23(19-47(27)33(26)50)54-32-29(37(38,39)40)41-24-12-9-10-13-25(24)43-32/h7,9-13,22-23,26-27H,4-6,8,14-19H2,1-3H3,(H,42,49)(H,44,48)(H,46,51)/b11-7-/t22-,23-,26+,27+,36-/m1/s1. The maximum atomic E-state index is 14.5. The summed E-state index contributed by atoms with van der Waals surface area (Å²) >= 11 is 0. The zero-order chi connectivity index (χ0) is 40.2. The monoisotopic (exact) mass is 801 g/mol. The van der Waals surface area contributed by atoms with Gasteiger partial charge in [0, 0.05) is 17.9 Å². The predicted molar refractivity (Wildman–Crippen MR) is 192 cm³/mol. The molecule has 2 aliphatic heterocycles. The van der Waals surface area contributed by atoms with Crippen molar-refractivity contribution in [1.29, 1.82) is 0 Å². The fourth-order valence-corrected chi connectivity index (χ4v) is 8.52. The molecule has 300 valence electrons. The number of ether oxygens (including phenoxy) is 1. The number of carbonyl (C=O) groups is 4. The van der Waals surface area contributed by atoms with Crippen molar-refractivity contribution in [2.24, 2.45) is 5.92 Å². The van der Waals surface area contributed by atoms with E-state index in [9.17, 15) is 40.8 Å². The molecule has 3 fully saturated rings. The Kier molecular flexibility index (Phi) is 10.1. The third-order valence-corrected chi connectivity index (χ3v) is 13.4. The average Bonchev–Trinajstić information content (AvgIpc) is 3.97. The van der Waals surface area contributed by atoms with Gasteiger partial charge in [-0.1, -0.05) is 42.3 Å². The van der Waals surface area contributed by atoms with E-state index in [1.165, 1.54) is 25.1 Å². The second kappa shape index (κ2) is 14.5. The molecule has 0 bridgehead atoms. The van der Waals surface area contributed by atoms with E-state index in [4.69, 9.17) is 9.26 Å². The summed E-state index contributed by atoms with van der Waals surface area (Å²) in [5.41, 5.74) is -2.55. The normalized spacial score (nSPS) is 27.2. The molecule has 3 N–H and O–H groups in total. The van der Waals surface area contributed by atoms with Gasteiger partial charge in [-0.3, -0.25) is 23.9 Å². The van der Waals surface area contributed by atoms with Gasteiger partial charge in [-0.05, 0) is 71.4 Å². The molecule has 4 heterocycles. The molecular weight excluding hydrogens is 760 g/mol. The molecule has 1 saturated heterocycles. The van der Waals surface area contributed by atoms with E-state index in [1.54, 1.807) is 26.0 Å². The third kappa shape index (κ3) is 7.56. The Balaban J connectivity index is 1.23. The fraction of sp³-hybridized carbons (Fsp3) is 0.541. The number of aryl methyl sites for hydroxylation is 1. The van der Waals surface area contributed by atoms with Crippen LogP contribution >= 0.6 is 0 Å². The fourth-order valence-electron chi connectivity index (χ4n) is 7.21. The summed E-state index contributed by atoms with van der Waals surface area (Å²) in [7, 11) is -4.09. The lowest BCUT2D eigenvalue weighted by Crippen LogP contribution is -2.58. The number of allylic oxidation sites excluding steroid dienone is 1. The number of halogens is 3. The molecule has 7 rings (SSSR count). The number of rotatable bonds is 7. The predicted octanol–water partition coefficient (Wildman–Crippen LogP) is 3.79. The van der Waals surface area contributed by atoms with Gasteiger partial charge in [0.05, 0.1) is 22.3 Å². The van der Waals surface area contributed by atoms with Crippen molar-refractivity contribution >= 4 is 44.7 Å². The minimum Gasteiger partial charge on any atom is -0.471 e. The SMILES string of the molecule is Cc1onc(C(=O)N[C@H]2CCCCC/C=C\[C@@H]3C[C@@]3(C(=O)NS(=O)(=O)C3(C)CC3)NC(=O)[C@@H]3C[C@@H](Oc4nc5ccccc5nc4C(F)(F)F)CN3C2=O)c1C. The van der Waals surface area contributed by atoms with Crippen molar-refractivity contribution < 1.29 is 50.0 Å². The third-order valence-electron chi connectivity index (χ3n) is 11.2. The number of hydrogen-bond donors (Lipinski definition) is 3. The Morgan fingerprint density at radius 1 is 1.07 bits per heavy atom. The Bertz CT molecular complexity index is 2220. The van der Waals surface area contributed by atoms with E-state index in [1.807, 2.05) is 6.08 Å². The van der Waals surface area contributed by atoms with Crippen LogP contribution in [-0.2, 0) is 30.6 Å². The van der Waals surface area contributed by atoms with E-state index in [0.717, 1.165) is 4.90 Å². The summed E-state index contributed by atoms with van der Waals surface area (Å²) in [6.45, 7) is 4.38. The summed E-state index contributed by atoms with van der Waals surface area (Å²) in [6.07, 6.45) is 0.471. The molecule has 3 aromatic rings. The van der Waals surface area contributed by atoms with Crippen LogP contribution in [0.2, 0.25) is 0 Å². The molecule has 56 heavy (non-hydrogen) atoms. The summed E-state index contributed by atoms with van der Waals surface area (Å²) in [5.74, 6) is -4.21. The van der Waals surface area contributed by atoms with Crippen molar-refractivity contribution in [3.63, 3.8) is 0 Å². The minimum absolute atomic E-state index is 0.0220. The van der Waals surface area contributed by atoms with E-state index in [2.05, 4.69) is 30.5 Å². The number of sulfonamides is 1. The van der Waals surface area contributed by atoms with Crippen LogP contribution < -0.4 is 20.1 Å². The van der Waals surface area contributed by atoms with Crippen LogP contribution in [0, 0.1) is 19.8 Å². The number of alkyl halides is 3. The van der Waals surface area contributed by atoms with Gasteiger partial charge < -0.3 is 24.8 Å². The van der Waals surface area contributed by atoms with Crippen molar-refractivity contribution in [2.45, 2.75) is 113 Å². The van der Waals surface area contributed by atoms with E-state index in [-0.39, 0.29) is 36.0 Å². The maximum absolute atomic E-state index is 14.5. The van der Waals surface area contributed by atoms with Crippen LogP contribution in [0.5, 0.6) is 5.88 Å². The summed E-state index contributed by atoms with van der Waals surface area (Å²) in [4.78, 5) is 65.1. The molecule has 19 heteroatoms. The van der Waals surface area contributed by atoms with Crippen LogP contribution in [0.4, 0.5) is 13.2 Å². The maximum Gasteiger partial charge on any atom is 0.438 e. The van der Waals surface area contributed by atoms with Crippen molar-refractivity contribution in [3.8, 4) is 5.88 Å². The Hall–Kier alpha value is -5.07. The Labute approximate surface area is 320 Å². The first kappa shape index (κ1) is 39.2. The molecule has 5 atom stereocenters. The van der Waals surface area contributed by atoms with Crippen molar-refractivity contribution in [1.82, 2.24) is 35.4 Å². The van der Waals surface area contributed by atoms with Crippen molar-refractivity contribution in [3.05, 3.63) is 59.1 Å². The molecule has 15 nitrogen and oxygen atoms in total. The van der Waals surface area contributed by atoms with Gasteiger partial charge >= 0.3 is 6.18 Å². The van der Waals surface area contributed by atoms with Crippen LogP contribution in [0.1, 0.15) is 92.2 Å². The molecule has 0 spiro atoms. The highest BCUT2D eigenvalue weighted by Gasteiger charge is 2.63. The van der Waals surface area contributed by atoms with Crippen LogP contribution in [0.15, 0.2) is 40.9 Å². The average molecular weight is 802 g/mol. The number of benzene rings is 1. The Morgan fingerprint density at radius 2 is 1.79 bits per heavy atom. The minimum atomic E-state index is -4.97. The number of carbonyl (C=O) groups excluding carboxylic acids is 4. The number of aromatic nitrogens is 3. The van der Waals surface area contributed by atoms with Gasteiger partial charge in [0.15, 0.2) is 5.69 Å². The van der Waals surface area contributed by atoms with Crippen LogP contribution in [0.3, 0.4) is 0 Å². The summed E-state index contributed by atoms with van der Waals surface area (Å²) < 4.78 is 81.2. The molecule has 2 aliphatic carbocycles. The highest BCUT2D eigenvalue weighted by molar-refractivity contribution is 7.91. The number of fused-ring (bicyclic) bond motifs is 3. The molecule has 0 radical (unpaired) electrons. The number of para-hydroxylation sites is 2. The zero-order valence-corrected chi connectivity index (χ0v) is 31.8. The van der Waals surface area contributed by atoms with Gasteiger partial charge in [0.1, 0.15) is 29.5 Å². The largest absolute Gasteiger partial charge is 0.471 e. The second-order valence-corrected chi connectivity index (χ2v) is 17.5. The highest BCUT2D eigenvalue weighted by Crippen LogP contribution is 2.47. The topological polar surface area (TPSA) is 203 Å². The van der Waals surface area contributed by atoms with Gasteiger partial charge in [-0.2, -0.15) is 13.2 Å². The molecule has 2 saturated carbocycles. The number of amides is 4. The highest BCUT2D eigenvalue weighted by atomic mass is 32.2. The molecule has 1 aromatic carbocycles. The smallest absolute Gasteiger partial charge is 0.438 e. The number of nitrogens with one attached hydrogen (secondary N) is 3. The first-order valence-corrected chi connectivity index (χ1v) is 20.0. The molecule has 4 aliphatic rings. The molecule has 0 unspecified atom stereocenters. The lowest BCUT2D eigenvalue weighted by molar-refractivity contribution is -0.143.